The smallest absolute Gasteiger partial charge is 0.202 e. The van der Waals surface area contributed by atoms with Crippen molar-refractivity contribution in [2.75, 3.05) is 0 Å². The molecule has 6 nitrogen and oxygen atoms in total. The fourth-order valence-electron chi connectivity index (χ4n) is 1.23. The van der Waals surface area contributed by atoms with E-state index in [2.05, 4.69) is 25.6 Å². The van der Waals surface area contributed by atoms with Gasteiger partial charge in [0.2, 0.25) is 5.65 Å². The number of nitrogens with zero attached hydrogens (tertiary/aromatic N) is 4. The van der Waals surface area contributed by atoms with Gasteiger partial charge in [0.25, 0.3) is 0 Å². The number of hydrogen-bond donors (Lipinski definition) is 1. The first-order chi connectivity index (χ1) is 6.93. The standard InChI is InChI=1S/C8H5N5O/c1-2-7-8(11-13-10-7)9-5(1)6-3-4-14-12-6/h1-4H,(H,9,10,11,13). The number of hydrogen-bond acceptors (Lipinski definition) is 5. The van der Waals surface area contributed by atoms with E-state index in [1.165, 1.54) is 6.26 Å². The Morgan fingerprint density at radius 2 is 2.14 bits per heavy atom. The molecule has 0 atom stereocenters. The number of aromatic amines is 1. The predicted molar refractivity (Wildman–Crippen MR) is 47.2 cm³/mol. The van der Waals surface area contributed by atoms with Crippen LogP contribution in [-0.2, 0) is 0 Å². The molecule has 0 radical (unpaired) electrons. The van der Waals surface area contributed by atoms with E-state index in [0.717, 1.165) is 11.2 Å². The Balaban J connectivity index is 2.23. The molecular weight excluding hydrogens is 182 g/mol. The van der Waals surface area contributed by atoms with Crippen LogP contribution < -0.4 is 0 Å². The normalized spacial score (nSPS) is 10.9. The molecule has 14 heavy (non-hydrogen) atoms. The van der Waals surface area contributed by atoms with E-state index in [0.29, 0.717) is 11.3 Å². The topological polar surface area (TPSA) is 80.5 Å². The molecule has 0 bridgehead atoms. The molecule has 0 aliphatic heterocycles. The number of nitrogens with one attached hydrogen (secondary N) is 1. The van der Waals surface area contributed by atoms with Crippen LogP contribution in [0.4, 0.5) is 0 Å². The first-order valence-electron chi connectivity index (χ1n) is 4.02. The summed E-state index contributed by atoms with van der Waals surface area (Å²) in [4.78, 5) is 4.25. The van der Waals surface area contributed by atoms with Crippen molar-refractivity contribution in [1.82, 2.24) is 25.6 Å². The van der Waals surface area contributed by atoms with Crippen molar-refractivity contribution < 1.29 is 4.52 Å². The van der Waals surface area contributed by atoms with Crippen molar-refractivity contribution in [2.45, 2.75) is 0 Å². The van der Waals surface area contributed by atoms with Gasteiger partial charge in [0.15, 0.2) is 0 Å². The lowest BCUT2D eigenvalue weighted by Crippen LogP contribution is -1.84. The Bertz CT molecular complexity index is 556. The van der Waals surface area contributed by atoms with Crippen molar-refractivity contribution in [3.63, 3.8) is 0 Å². The molecule has 68 valence electrons. The number of fused-ring (bicyclic) bond motifs is 1. The van der Waals surface area contributed by atoms with Crippen LogP contribution in [0.3, 0.4) is 0 Å². The van der Waals surface area contributed by atoms with Gasteiger partial charge in [-0.1, -0.05) is 10.4 Å². The number of H-pyrrole nitrogens is 1. The quantitative estimate of drug-likeness (QED) is 0.614. The van der Waals surface area contributed by atoms with E-state index in [1.54, 1.807) is 6.07 Å². The third-order valence-corrected chi connectivity index (χ3v) is 1.89. The maximum Gasteiger partial charge on any atom is 0.202 e. The molecule has 6 heteroatoms. The summed E-state index contributed by atoms with van der Waals surface area (Å²) in [6, 6.07) is 5.43. The summed E-state index contributed by atoms with van der Waals surface area (Å²) in [5.74, 6) is 0. The van der Waals surface area contributed by atoms with E-state index in [1.807, 2.05) is 12.1 Å². The zero-order valence-electron chi connectivity index (χ0n) is 7.01. The minimum absolute atomic E-state index is 0.575. The predicted octanol–water partition coefficient (Wildman–Crippen LogP) is 1.01. The third-order valence-electron chi connectivity index (χ3n) is 1.89. The largest absolute Gasteiger partial charge is 0.364 e. The highest BCUT2D eigenvalue weighted by Crippen LogP contribution is 2.16. The van der Waals surface area contributed by atoms with Gasteiger partial charge in [-0.15, -0.1) is 5.10 Å². The summed E-state index contributed by atoms with van der Waals surface area (Å²) in [6.45, 7) is 0. The van der Waals surface area contributed by atoms with Crippen LogP contribution >= 0.6 is 0 Å². The third kappa shape index (κ3) is 0.972. The monoisotopic (exact) mass is 187 g/mol. The van der Waals surface area contributed by atoms with E-state index in [4.69, 9.17) is 4.52 Å². The molecule has 0 aliphatic rings. The lowest BCUT2D eigenvalue weighted by Gasteiger charge is -1.92. The summed E-state index contributed by atoms with van der Waals surface area (Å²) >= 11 is 0. The molecule has 0 amide bonds. The second-order valence-corrected chi connectivity index (χ2v) is 2.76. The second kappa shape index (κ2) is 2.63. The SMILES string of the molecule is c1cc(-c2ccc3[nH]nnc3n2)no1. The van der Waals surface area contributed by atoms with Crippen LogP contribution in [0.15, 0.2) is 29.0 Å². The van der Waals surface area contributed by atoms with Crippen LogP contribution in [0.25, 0.3) is 22.6 Å². The van der Waals surface area contributed by atoms with Crippen LogP contribution in [0.1, 0.15) is 0 Å². The molecule has 3 aromatic heterocycles. The van der Waals surface area contributed by atoms with Crippen molar-refractivity contribution in [3.05, 3.63) is 24.5 Å². The number of pyridine rings is 1. The highest BCUT2D eigenvalue weighted by molar-refractivity contribution is 5.72. The van der Waals surface area contributed by atoms with Gasteiger partial charge in [-0.3, -0.25) is 5.10 Å². The summed E-state index contributed by atoms with van der Waals surface area (Å²) in [7, 11) is 0. The van der Waals surface area contributed by atoms with Gasteiger partial charge < -0.3 is 4.52 Å². The average Bonchev–Trinajstić information content (AvgIpc) is 2.88. The number of rotatable bonds is 1. The Labute approximate surface area is 77.9 Å². The molecule has 0 aliphatic carbocycles. The minimum atomic E-state index is 0.575. The van der Waals surface area contributed by atoms with E-state index >= 15 is 0 Å². The molecule has 3 heterocycles. The Kier molecular flexibility index (Phi) is 1.35. The van der Waals surface area contributed by atoms with Crippen LogP contribution in [0, 0.1) is 0 Å². The summed E-state index contributed by atoms with van der Waals surface area (Å²) < 4.78 is 4.73. The van der Waals surface area contributed by atoms with Gasteiger partial charge in [-0.25, -0.2) is 4.98 Å². The van der Waals surface area contributed by atoms with Gasteiger partial charge in [0.1, 0.15) is 17.5 Å². The zero-order chi connectivity index (χ0) is 9.38. The molecular formula is C8H5N5O. The Hall–Kier alpha value is -2.24. The van der Waals surface area contributed by atoms with Crippen LogP contribution in [-0.4, -0.2) is 25.6 Å². The van der Waals surface area contributed by atoms with E-state index in [9.17, 15) is 0 Å². The minimum Gasteiger partial charge on any atom is -0.364 e. The van der Waals surface area contributed by atoms with E-state index < -0.39 is 0 Å². The molecule has 0 spiro atoms. The van der Waals surface area contributed by atoms with Gasteiger partial charge in [-0.05, 0) is 12.1 Å². The lowest BCUT2D eigenvalue weighted by atomic mass is 10.3. The molecule has 3 rings (SSSR count). The molecule has 0 saturated carbocycles. The van der Waals surface area contributed by atoms with E-state index in [-0.39, 0.29) is 0 Å². The van der Waals surface area contributed by atoms with Gasteiger partial charge >= 0.3 is 0 Å². The Morgan fingerprint density at radius 3 is 3.00 bits per heavy atom. The fraction of sp³-hybridized carbons (Fsp3) is 0. The van der Waals surface area contributed by atoms with Gasteiger partial charge in [-0.2, -0.15) is 0 Å². The Morgan fingerprint density at radius 1 is 1.14 bits per heavy atom. The molecule has 0 fully saturated rings. The molecule has 0 unspecified atom stereocenters. The maximum atomic E-state index is 4.73. The summed E-state index contributed by atoms with van der Waals surface area (Å²) in [5.41, 5.74) is 2.79. The zero-order valence-corrected chi connectivity index (χ0v) is 7.01. The highest BCUT2D eigenvalue weighted by atomic mass is 16.5. The van der Waals surface area contributed by atoms with Crippen LogP contribution in [0.5, 0.6) is 0 Å². The van der Waals surface area contributed by atoms with Crippen molar-refractivity contribution >= 4 is 11.2 Å². The molecule has 1 N–H and O–H groups in total. The van der Waals surface area contributed by atoms with Crippen molar-refractivity contribution in [3.8, 4) is 11.4 Å². The number of aromatic nitrogens is 5. The maximum absolute atomic E-state index is 4.73. The summed E-state index contributed by atoms with van der Waals surface area (Å²) in [5, 5.41) is 14.0. The molecule has 0 saturated heterocycles. The fourth-order valence-corrected chi connectivity index (χ4v) is 1.23. The molecule has 3 aromatic rings. The summed E-state index contributed by atoms with van der Waals surface area (Å²) in [6.07, 6.45) is 1.50. The molecule has 0 aromatic carbocycles. The van der Waals surface area contributed by atoms with Gasteiger partial charge in [0, 0.05) is 6.07 Å². The van der Waals surface area contributed by atoms with Crippen molar-refractivity contribution in [1.29, 1.82) is 0 Å². The van der Waals surface area contributed by atoms with Crippen molar-refractivity contribution in [2.24, 2.45) is 0 Å². The van der Waals surface area contributed by atoms with Gasteiger partial charge in [0.05, 0.1) is 5.69 Å². The average molecular weight is 187 g/mol. The van der Waals surface area contributed by atoms with Crippen LogP contribution in [0.2, 0.25) is 0 Å². The first kappa shape index (κ1) is 7.19. The second-order valence-electron chi connectivity index (χ2n) is 2.76. The highest BCUT2D eigenvalue weighted by Gasteiger charge is 2.05. The first-order valence-corrected chi connectivity index (χ1v) is 4.02. The lowest BCUT2D eigenvalue weighted by molar-refractivity contribution is 0.422.